The highest BCUT2D eigenvalue weighted by Crippen LogP contribution is 2.26. The molecule has 0 aromatic rings. The molecule has 0 bridgehead atoms. The molecule has 0 aromatic heterocycles. The minimum absolute atomic E-state index is 0.542. The van der Waals surface area contributed by atoms with E-state index in [9.17, 15) is 0 Å². The molecule has 0 atom stereocenters. The average molecular weight is 245 g/mol. The summed E-state index contributed by atoms with van der Waals surface area (Å²) in [6, 6.07) is 0. The van der Waals surface area contributed by atoms with Gasteiger partial charge in [-0.25, -0.2) is 0 Å². The second-order valence-corrected chi connectivity index (χ2v) is 5.47. The first kappa shape index (κ1) is 22.2. The standard InChI is InChI=1S/C7H14.C6H14.2C2H6/c1-2-7-5-3-4-6-7;1-5-6(2,3)4;2*1-2/h7H,2-6H2,1H3;5H2,1-4H3;2*1-2H3. The third-order valence-electron chi connectivity index (χ3n) is 3.11. The van der Waals surface area contributed by atoms with Crippen molar-refractivity contribution in [2.24, 2.45) is 11.3 Å². The van der Waals surface area contributed by atoms with E-state index in [1.807, 2.05) is 27.7 Å². The lowest BCUT2D eigenvalue weighted by atomic mass is 9.94. The van der Waals surface area contributed by atoms with E-state index in [2.05, 4.69) is 34.6 Å². The summed E-state index contributed by atoms with van der Waals surface area (Å²) in [7, 11) is 0. The average Bonchev–Trinajstić information content (AvgIpc) is 2.87. The van der Waals surface area contributed by atoms with E-state index in [-0.39, 0.29) is 0 Å². The van der Waals surface area contributed by atoms with Gasteiger partial charge in [0.15, 0.2) is 0 Å². The Hall–Kier alpha value is 0. The zero-order chi connectivity index (χ0) is 14.3. The van der Waals surface area contributed by atoms with Crippen LogP contribution in [0.3, 0.4) is 0 Å². The lowest BCUT2D eigenvalue weighted by molar-refractivity contribution is 0.398. The van der Waals surface area contributed by atoms with Crippen LogP contribution in [0.1, 0.15) is 101 Å². The predicted molar refractivity (Wildman–Crippen MR) is 84.7 cm³/mol. The summed E-state index contributed by atoms with van der Waals surface area (Å²) in [5.41, 5.74) is 0.542. The Morgan fingerprint density at radius 1 is 0.824 bits per heavy atom. The Balaban J connectivity index is -0.000000180. The van der Waals surface area contributed by atoms with Gasteiger partial charge in [0.2, 0.25) is 0 Å². The molecule has 0 spiro atoms. The lowest BCUT2D eigenvalue weighted by Gasteiger charge is -2.12. The van der Waals surface area contributed by atoms with Crippen LogP contribution in [0.4, 0.5) is 0 Å². The summed E-state index contributed by atoms with van der Waals surface area (Å²) in [6.45, 7) is 19.2. The Kier molecular flexibility index (Phi) is 20.9. The van der Waals surface area contributed by atoms with Gasteiger partial charge in [-0.05, 0) is 11.3 Å². The van der Waals surface area contributed by atoms with Crippen molar-refractivity contribution >= 4 is 0 Å². The van der Waals surface area contributed by atoms with Gasteiger partial charge in [-0.3, -0.25) is 0 Å². The zero-order valence-electron chi connectivity index (χ0n) is 14.3. The molecule has 0 nitrogen and oxygen atoms in total. The third kappa shape index (κ3) is 21.8. The Labute approximate surface area is 113 Å². The first-order valence-electron chi connectivity index (χ1n) is 7.99. The van der Waals surface area contributed by atoms with E-state index in [1.54, 1.807) is 0 Å². The van der Waals surface area contributed by atoms with Crippen LogP contribution < -0.4 is 0 Å². The molecule has 0 N–H and O–H groups in total. The van der Waals surface area contributed by atoms with E-state index in [0.717, 1.165) is 5.92 Å². The second-order valence-electron chi connectivity index (χ2n) is 5.47. The van der Waals surface area contributed by atoms with Gasteiger partial charge in [0.05, 0.1) is 0 Å². The fourth-order valence-electron chi connectivity index (χ4n) is 1.42. The molecular formula is C17H40. The lowest BCUT2D eigenvalue weighted by Crippen LogP contribution is -2.00. The van der Waals surface area contributed by atoms with Crippen molar-refractivity contribution in [3.05, 3.63) is 0 Å². The first-order valence-corrected chi connectivity index (χ1v) is 7.99. The van der Waals surface area contributed by atoms with E-state index in [4.69, 9.17) is 0 Å². The van der Waals surface area contributed by atoms with Gasteiger partial charge >= 0.3 is 0 Å². The van der Waals surface area contributed by atoms with E-state index in [0.29, 0.717) is 5.41 Å². The maximum Gasteiger partial charge on any atom is -0.0385 e. The maximum atomic E-state index is 2.30. The van der Waals surface area contributed by atoms with Gasteiger partial charge in [-0.1, -0.05) is 101 Å². The summed E-state index contributed by atoms with van der Waals surface area (Å²) in [6.07, 6.45) is 8.71. The van der Waals surface area contributed by atoms with Crippen LogP contribution in [-0.2, 0) is 0 Å². The van der Waals surface area contributed by atoms with E-state index < -0.39 is 0 Å². The molecule has 0 aromatic carbocycles. The van der Waals surface area contributed by atoms with Gasteiger partial charge in [-0.15, -0.1) is 0 Å². The van der Waals surface area contributed by atoms with Crippen molar-refractivity contribution in [1.29, 1.82) is 0 Å². The molecule has 1 aliphatic rings. The van der Waals surface area contributed by atoms with Gasteiger partial charge in [0.1, 0.15) is 0 Å². The Morgan fingerprint density at radius 2 is 1.12 bits per heavy atom. The summed E-state index contributed by atoms with van der Waals surface area (Å²) in [4.78, 5) is 0. The van der Waals surface area contributed by atoms with Crippen molar-refractivity contribution in [2.45, 2.75) is 101 Å². The van der Waals surface area contributed by atoms with Crippen LogP contribution in [0, 0.1) is 11.3 Å². The smallest absolute Gasteiger partial charge is 0.0385 e. The van der Waals surface area contributed by atoms with Crippen LogP contribution in [0.25, 0.3) is 0 Å². The molecule has 0 aliphatic heterocycles. The van der Waals surface area contributed by atoms with Crippen LogP contribution in [0.15, 0.2) is 0 Å². The Morgan fingerprint density at radius 3 is 1.24 bits per heavy atom. The highest BCUT2D eigenvalue weighted by molar-refractivity contribution is 4.64. The second kappa shape index (κ2) is 16.0. The minimum Gasteiger partial charge on any atom is -0.0683 e. The van der Waals surface area contributed by atoms with Gasteiger partial charge in [0.25, 0.3) is 0 Å². The van der Waals surface area contributed by atoms with Gasteiger partial charge in [0, 0.05) is 0 Å². The summed E-state index contributed by atoms with van der Waals surface area (Å²) >= 11 is 0. The first-order chi connectivity index (χ1) is 7.99. The molecule has 1 aliphatic carbocycles. The van der Waals surface area contributed by atoms with Crippen molar-refractivity contribution < 1.29 is 0 Å². The number of hydrogen-bond donors (Lipinski definition) is 0. The van der Waals surface area contributed by atoms with Gasteiger partial charge in [-0.2, -0.15) is 0 Å². The largest absolute Gasteiger partial charge is 0.0683 e. The molecule has 0 unspecified atom stereocenters. The normalized spacial score (nSPS) is 14.6. The van der Waals surface area contributed by atoms with Crippen LogP contribution in [-0.4, -0.2) is 0 Å². The predicted octanol–water partition coefficient (Wildman–Crippen LogP) is 7.08. The Bertz CT molecular complexity index is 102. The molecule has 0 amide bonds. The van der Waals surface area contributed by atoms with Crippen molar-refractivity contribution in [3.8, 4) is 0 Å². The molecule has 1 fully saturated rings. The zero-order valence-corrected chi connectivity index (χ0v) is 14.3. The van der Waals surface area contributed by atoms with Crippen molar-refractivity contribution in [2.75, 3.05) is 0 Å². The summed E-state index contributed by atoms with van der Waals surface area (Å²) in [5, 5.41) is 0. The maximum absolute atomic E-state index is 2.30. The topological polar surface area (TPSA) is 0 Å². The van der Waals surface area contributed by atoms with E-state index >= 15 is 0 Å². The molecule has 1 saturated carbocycles. The number of hydrogen-bond acceptors (Lipinski definition) is 0. The fraction of sp³-hybridized carbons (Fsp3) is 1.00. The quantitative estimate of drug-likeness (QED) is 0.462. The highest BCUT2D eigenvalue weighted by Gasteiger charge is 2.11. The SMILES string of the molecule is CC.CC.CCC(C)(C)C.CCC1CCCC1. The van der Waals surface area contributed by atoms with Crippen molar-refractivity contribution in [3.63, 3.8) is 0 Å². The molecule has 1 rings (SSSR count). The molecule has 0 heterocycles. The number of rotatable bonds is 1. The fourth-order valence-corrected chi connectivity index (χ4v) is 1.42. The molecule has 108 valence electrons. The van der Waals surface area contributed by atoms with Gasteiger partial charge < -0.3 is 0 Å². The summed E-state index contributed by atoms with van der Waals surface area (Å²) in [5.74, 6) is 1.10. The van der Waals surface area contributed by atoms with Crippen LogP contribution in [0.2, 0.25) is 0 Å². The molecular weight excluding hydrogens is 204 g/mol. The van der Waals surface area contributed by atoms with Crippen LogP contribution in [0.5, 0.6) is 0 Å². The molecule has 0 heteroatoms. The van der Waals surface area contributed by atoms with Crippen LogP contribution >= 0.6 is 0 Å². The van der Waals surface area contributed by atoms with E-state index in [1.165, 1.54) is 38.5 Å². The monoisotopic (exact) mass is 244 g/mol. The van der Waals surface area contributed by atoms with Crippen molar-refractivity contribution in [1.82, 2.24) is 0 Å². The minimum atomic E-state index is 0.542. The third-order valence-corrected chi connectivity index (χ3v) is 3.11. The molecule has 0 radical (unpaired) electrons. The summed E-state index contributed by atoms with van der Waals surface area (Å²) < 4.78 is 0. The molecule has 17 heavy (non-hydrogen) atoms. The molecule has 0 saturated heterocycles. The highest BCUT2D eigenvalue weighted by atomic mass is 14.2.